The number of hydrogen-bond donors (Lipinski definition) is 3. The van der Waals surface area contributed by atoms with Gasteiger partial charge < -0.3 is 15.1 Å². The molecule has 1 fully saturated rings. The van der Waals surface area contributed by atoms with Crippen LogP contribution in [0.25, 0.3) is 11.6 Å². The molecular weight excluding hydrogens is 517 g/mol. The van der Waals surface area contributed by atoms with E-state index in [2.05, 4.69) is 68.0 Å². The number of likely N-dealkylation sites (tertiary alicyclic amines) is 1. The highest BCUT2D eigenvalue weighted by Crippen LogP contribution is 2.15. The third kappa shape index (κ3) is 7.06. The van der Waals surface area contributed by atoms with E-state index in [0.717, 1.165) is 44.4 Å². The zero-order valence-electron chi connectivity index (χ0n) is 18.5. The Hall–Kier alpha value is -2.40. The van der Waals surface area contributed by atoms with Crippen molar-refractivity contribution in [3.63, 3.8) is 0 Å². The van der Waals surface area contributed by atoms with E-state index in [9.17, 15) is 0 Å². The molecule has 3 aromatic rings. The number of nitrogens with one attached hydrogen (secondary N) is 3. The Bertz CT molecular complexity index is 942. The van der Waals surface area contributed by atoms with Crippen molar-refractivity contribution < 1.29 is 4.42 Å². The number of nitrogens with zero attached hydrogens (tertiary/aromatic N) is 4. The zero-order chi connectivity index (χ0) is 21.3. The molecule has 1 aliphatic heterocycles. The first kappa shape index (κ1) is 24.2. The number of piperidine rings is 1. The van der Waals surface area contributed by atoms with Gasteiger partial charge in [0.05, 0.1) is 6.26 Å². The number of aromatic nitrogens is 3. The molecule has 1 saturated heterocycles. The third-order valence-corrected chi connectivity index (χ3v) is 5.33. The maximum Gasteiger partial charge on any atom is 0.216 e. The summed E-state index contributed by atoms with van der Waals surface area (Å²) in [5.41, 5.74) is 1.37. The van der Waals surface area contributed by atoms with E-state index in [4.69, 9.17) is 9.41 Å². The minimum absolute atomic E-state index is 0. The lowest BCUT2D eigenvalue weighted by Crippen LogP contribution is -2.51. The summed E-state index contributed by atoms with van der Waals surface area (Å²) in [6, 6.07) is 14.8. The summed E-state index contributed by atoms with van der Waals surface area (Å²) in [4.78, 5) is 11.8. The van der Waals surface area contributed by atoms with Crippen LogP contribution in [-0.2, 0) is 13.0 Å². The zero-order valence-corrected chi connectivity index (χ0v) is 20.8. The number of furan rings is 1. The maximum absolute atomic E-state index is 5.34. The molecule has 0 radical (unpaired) electrons. The summed E-state index contributed by atoms with van der Waals surface area (Å²) in [5, 5.41) is 14.2. The number of rotatable bonds is 8. The minimum Gasteiger partial charge on any atom is -0.461 e. The quantitative estimate of drug-likeness (QED) is 0.227. The fourth-order valence-electron chi connectivity index (χ4n) is 3.87. The molecule has 2 aromatic heterocycles. The smallest absolute Gasteiger partial charge is 0.216 e. The number of benzene rings is 1. The van der Waals surface area contributed by atoms with Gasteiger partial charge in [-0.25, -0.2) is 4.98 Å². The van der Waals surface area contributed by atoms with Crippen molar-refractivity contribution in [2.45, 2.75) is 38.8 Å². The highest BCUT2D eigenvalue weighted by atomic mass is 127. The molecule has 3 heterocycles. The molecule has 0 spiro atoms. The number of aliphatic imine (C=N–C) groups is 1. The molecule has 32 heavy (non-hydrogen) atoms. The van der Waals surface area contributed by atoms with Gasteiger partial charge >= 0.3 is 0 Å². The second kappa shape index (κ2) is 12.6. The van der Waals surface area contributed by atoms with Gasteiger partial charge in [-0.05, 0) is 44.0 Å². The Balaban J connectivity index is 0.00000289. The Morgan fingerprint density at radius 1 is 1.25 bits per heavy atom. The van der Waals surface area contributed by atoms with E-state index < -0.39 is 0 Å². The van der Waals surface area contributed by atoms with Crippen molar-refractivity contribution in [1.82, 2.24) is 30.7 Å². The first-order chi connectivity index (χ1) is 15.3. The number of H-pyrrole nitrogens is 1. The van der Waals surface area contributed by atoms with Crippen LogP contribution in [0.5, 0.6) is 0 Å². The van der Waals surface area contributed by atoms with Crippen LogP contribution in [0.4, 0.5) is 0 Å². The second-order valence-corrected chi connectivity index (χ2v) is 7.80. The number of hydrogen-bond acceptors (Lipinski definition) is 5. The summed E-state index contributed by atoms with van der Waals surface area (Å²) in [5.74, 6) is 2.91. The van der Waals surface area contributed by atoms with Gasteiger partial charge in [-0.3, -0.25) is 15.0 Å². The lowest BCUT2D eigenvalue weighted by atomic mass is 10.0. The Labute approximate surface area is 206 Å². The highest BCUT2D eigenvalue weighted by Gasteiger charge is 2.20. The average Bonchev–Trinajstić information content (AvgIpc) is 3.47. The Kier molecular flexibility index (Phi) is 9.54. The van der Waals surface area contributed by atoms with Gasteiger partial charge in [0.15, 0.2) is 11.7 Å². The van der Waals surface area contributed by atoms with E-state index in [-0.39, 0.29) is 24.0 Å². The average molecular weight is 549 g/mol. The molecule has 1 aliphatic rings. The van der Waals surface area contributed by atoms with Crippen LogP contribution in [0, 0.1) is 0 Å². The van der Waals surface area contributed by atoms with Crippen LogP contribution in [0.1, 0.15) is 31.2 Å². The van der Waals surface area contributed by atoms with Gasteiger partial charge in [-0.2, -0.15) is 5.10 Å². The molecule has 1 unspecified atom stereocenters. The first-order valence-corrected chi connectivity index (χ1v) is 11.1. The number of guanidine groups is 1. The summed E-state index contributed by atoms with van der Waals surface area (Å²) in [7, 11) is 0. The van der Waals surface area contributed by atoms with Crippen LogP contribution < -0.4 is 10.6 Å². The maximum atomic E-state index is 5.34. The fourth-order valence-corrected chi connectivity index (χ4v) is 3.87. The van der Waals surface area contributed by atoms with Crippen LogP contribution >= 0.6 is 24.0 Å². The van der Waals surface area contributed by atoms with Gasteiger partial charge in [-0.1, -0.05) is 30.3 Å². The summed E-state index contributed by atoms with van der Waals surface area (Å²) in [6.07, 6.45) is 4.66. The molecule has 0 bridgehead atoms. The molecule has 0 amide bonds. The van der Waals surface area contributed by atoms with Crippen LogP contribution in [0.2, 0.25) is 0 Å². The van der Waals surface area contributed by atoms with Gasteiger partial charge in [0, 0.05) is 38.6 Å². The SMILES string of the molecule is CCNC(=NCCc1nc(-c2ccco2)n[nH]1)NC1CCCN(Cc2ccccc2)C1.I. The van der Waals surface area contributed by atoms with Crippen molar-refractivity contribution in [2.75, 3.05) is 26.2 Å². The summed E-state index contributed by atoms with van der Waals surface area (Å²) in [6.45, 7) is 6.71. The minimum atomic E-state index is 0. The van der Waals surface area contributed by atoms with Crippen molar-refractivity contribution in [1.29, 1.82) is 0 Å². The van der Waals surface area contributed by atoms with Gasteiger partial charge in [0.25, 0.3) is 0 Å². The van der Waals surface area contributed by atoms with Gasteiger partial charge in [0.2, 0.25) is 5.82 Å². The van der Waals surface area contributed by atoms with Crippen molar-refractivity contribution in [3.05, 3.63) is 60.1 Å². The van der Waals surface area contributed by atoms with Crippen molar-refractivity contribution in [2.24, 2.45) is 4.99 Å². The van der Waals surface area contributed by atoms with Crippen LogP contribution in [-0.4, -0.2) is 58.3 Å². The lowest BCUT2D eigenvalue weighted by molar-refractivity contribution is 0.192. The molecule has 3 N–H and O–H groups in total. The first-order valence-electron chi connectivity index (χ1n) is 11.1. The van der Waals surface area contributed by atoms with Crippen LogP contribution in [0.3, 0.4) is 0 Å². The van der Waals surface area contributed by atoms with E-state index >= 15 is 0 Å². The summed E-state index contributed by atoms with van der Waals surface area (Å²) >= 11 is 0. The number of aromatic amines is 1. The fraction of sp³-hybridized carbons (Fsp3) is 0.435. The monoisotopic (exact) mass is 549 g/mol. The molecule has 1 atom stereocenters. The largest absolute Gasteiger partial charge is 0.461 e. The molecule has 0 aliphatic carbocycles. The van der Waals surface area contributed by atoms with Crippen molar-refractivity contribution >= 4 is 29.9 Å². The lowest BCUT2D eigenvalue weighted by Gasteiger charge is -2.34. The molecule has 4 rings (SSSR count). The van der Waals surface area contributed by atoms with Gasteiger partial charge in [-0.15, -0.1) is 24.0 Å². The molecule has 9 heteroatoms. The molecule has 172 valence electrons. The van der Waals surface area contributed by atoms with E-state index in [1.54, 1.807) is 6.26 Å². The van der Waals surface area contributed by atoms with Crippen LogP contribution in [0.15, 0.2) is 58.1 Å². The predicted molar refractivity (Wildman–Crippen MR) is 137 cm³/mol. The van der Waals surface area contributed by atoms with E-state index in [0.29, 0.717) is 30.6 Å². The third-order valence-electron chi connectivity index (χ3n) is 5.33. The Morgan fingerprint density at radius 3 is 2.91 bits per heavy atom. The molecule has 0 saturated carbocycles. The number of halogens is 1. The normalized spacial score (nSPS) is 17.0. The highest BCUT2D eigenvalue weighted by molar-refractivity contribution is 14.0. The Morgan fingerprint density at radius 2 is 2.12 bits per heavy atom. The van der Waals surface area contributed by atoms with E-state index in [1.165, 1.54) is 12.0 Å². The van der Waals surface area contributed by atoms with Crippen molar-refractivity contribution in [3.8, 4) is 11.6 Å². The second-order valence-electron chi connectivity index (χ2n) is 7.80. The molecule has 1 aromatic carbocycles. The van der Waals surface area contributed by atoms with E-state index in [1.807, 2.05) is 12.1 Å². The predicted octanol–water partition coefficient (Wildman–Crippen LogP) is 3.44. The molecular formula is C23H32IN7O. The van der Waals surface area contributed by atoms with Gasteiger partial charge in [0.1, 0.15) is 5.82 Å². The topological polar surface area (TPSA) is 94.4 Å². The molecule has 8 nitrogen and oxygen atoms in total. The standard InChI is InChI=1S/C23H31N7O.HI/c1-2-24-23(25-13-12-21-27-22(29-28-21)20-11-7-15-31-20)26-19-10-6-14-30(17-19)16-18-8-4-3-5-9-18;/h3-5,7-9,11,15,19H,2,6,10,12-14,16-17H2,1H3,(H2,24,25,26)(H,27,28,29);1H. The summed E-state index contributed by atoms with van der Waals surface area (Å²) < 4.78 is 5.34.